The average molecular weight is 495 g/mol. The lowest BCUT2D eigenvalue weighted by atomic mass is 9.99. The van der Waals surface area contributed by atoms with Crippen LogP contribution in [0.25, 0.3) is 0 Å². The predicted molar refractivity (Wildman–Crippen MR) is 130 cm³/mol. The number of hydrogen-bond donors (Lipinski definition) is 2. The summed E-state index contributed by atoms with van der Waals surface area (Å²) in [5, 5.41) is 13.9. The number of aliphatic hydroxyl groups excluding tert-OH is 1. The van der Waals surface area contributed by atoms with E-state index >= 15 is 0 Å². The minimum atomic E-state index is -1.02. The van der Waals surface area contributed by atoms with Gasteiger partial charge in [-0.3, -0.25) is 9.59 Å². The van der Waals surface area contributed by atoms with E-state index in [2.05, 4.69) is 5.32 Å². The van der Waals surface area contributed by atoms with E-state index in [1.165, 1.54) is 26.4 Å². The maximum Gasteiger partial charge on any atom is 0.255 e. The number of anilines is 1. The van der Waals surface area contributed by atoms with Gasteiger partial charge in [0.2, 0.25) is 5.91 Å². The molecule has 36 heavy (non-hydrogen) atoms. The molecule has 0 spiro atoms. The van der Waals surface area contributed by atoms with E-state index in [0.29, 0.717) is 28.3 Å². The minimum absolute atomic E-state index is 0.0778. The maximum absolute atomic E-state index is 13.3. The summed E-state index contributed by atoms with van der Waals surface area (Å²) >= 11 is 0. The van der Waals surface area contributed by atoms with E-state index in [-0.39, 0.29) is 37.4 Å². The van der Waals surface area contributed by atoms with Crippen LogP contribution < -0.4 is 14.8 Å². The number of carbonyl (C=O) groups is 2. The van der Waals surface area contributed by atoms with Crippen LogP contribution in [0.15, 0.2) is 66.7 Å². The smallest absolute Gasteiger partial charge is 0.255 e. The van der Waals surface area contributed by atoms with E-state index in [0.717, 1.165) is 5.56 Å². The first-order chi connectivity index (χ1) is 17.4. The molecule has 0 saturated carbocycles. The van der Waals surface area contributed by atoms with Crippen molar-refractivity contribution in [2.75, 3.05) is 32.8 Å². The van der Waals surface area contributed by atoms with Crippen molar-refractivity contribution < 1.29 is 33.3 Å². The number of methoxy groups -OCH3 is 2. The number of nitrogens with one attached hydrogen (secondary N) is 1. The highest BCUT2D eigenvalue weighted by Crippen LogP contribution is 2.29. The van der Waals surface area contributed by atoms with Crippen LogP contribution in [0, 0.1) is 5.82 Å². The van der Waals surface area contributed by atoms with Crippen molar-refractivity contribution in [3.63, 3.8) is 0 Å². The van der Waals surface area contributed by atoms with Crippen LogP contribution in [-0.4, -0.2) is 55.3 Å². The molecule has 1 saturated heterocycles. The van der Waals surface area contributed by atoms with E-state index in [9.17, 15) is 19.1 Å². The fraction of sp³-hybridized carbons (Fsp3) is 0.259. The van der Waals surface area contributed by atoms with Crippen LogP contribution in [0.3, 0.4) is 0 Å². The molecule has 0 radical (unpaired) electrons. The zero-order valence-corrected chi connectivity index (χ0v) is 19.9. The Kier molecular flexibility index (Phi) is 7.82. The molecule has 2 atom stereocenters. The molecule has 1 aliphatic heterocycles. The number of rotatable bonds is 8. The van der Waals surface area contributed by atoms with Gasteiger partial charge in [-0.1, -0.05) is 24.3 Å². The summed E-state index contributed by atoms with van der Waals surface area (Å²) in [7, 11) is 3.01. The first-order valence-corrected chi connectivity index (χ1v) is 11.3. The molecule has 2 amide bonds. The van der Waals surface area contributed by atoms with Crippen molar-refractivity contribution in [3.8, 4) is 11.5 Å². The third-order valence-electron chi connectivity index (χ3n) is 6.02. The Bertz CT molecular complexity index is 1220. The Morgan fingerprint density at radius 1 is 1.08 bits per heavy atom. The number of nitrogens with zero attached hydrogens (tertiary/aromatic N) is 1. The molecule has 2 unspecified atom stereocenters. The summed E-state index contributed by atoms with van der Waals surface area (Å²) in [4.78, 5) is 26.8. The van der Waals surface area contributed by atoms with Gasteiger partial charge in [0, 0.05) is 17.8 Å². The van der Waals surface area contributed by atoms with Crippen LogP contribution in [0.4, 0.5) is 10.1 Å². The number of ether oxygens (including phenoxy) is 3. The van der Waals surface area contributed by atoms with Crippen molar-refractivity contribution in [1.29, 1.82) is 0 Å². The molecule has 188 valence electrons. The van der Waals surface area contributed by atoms with Gasteiger partial charge in [0.25, 0.3) is 5.91 Å². The Morgan fingerprint density at radius 3 is 2.44 bits per heavy atom. The monoisotopic (exact) mass is 494 g/mol. The number of morpholine rings is 1. The van der Waals surface area contributed by atoms with Gasteiger partial charge >= 0.3 is 0 Å². The first kappa shape index (κ1) is 25.2. The Hall–Kier alpha value is -3.95. The summed E-state index contributed by atoms with van der Waals surface area (Å²) in [6, 6.07) is 16.8. The highest BCUT2D eigenvalue weighted by molar-refractivity contribution is 6.04. The third kappa shape index (κ3) is 5.64. The van der Waals surface area contributed by atoms with Gasteiger partial charge in [0.05, 0.1) is 26.9 Å². The molecule has 9 heteroatoms. The Morgan fingerprint density at radius 2 is 1.78 bits per heavy atom. The number of benzene rings is 3. The van der Waals surface area contributed by atoms with Crippen LogP contribution in [0.2, 0.25) is 0 Å². The standard InChI is InChI=1S/C27H27FN2O6/c1-34-23-12-7-19(13-24(23)35-2)27(33)29-21-10-5-18(6-11-21)26(32)22-15-36-16-25(31)30(22)14-17-3-8-20(28)9-4-17/h3-13,22,26,32H,14-16H2,1-2H3,(H,29,33). The molecule has 0 aromatic heterocycles. The molecule has 1 heterocycles. The van der Waals surface area contributed by atoms with Crippen molar-refractivity contribution in [2.24, 2.45) is 0 Å². The molecule has 0 bridgehead atoms. The lowest BCUT2D eigenvalue weighted by molar-refractivity contribution is -0.155. The summed E-state index contributed by atoms with van der Waals surface area (Å²) < 4.78 is 29.1. The number of amides is 2. The van der Waals surface area contributed by atoms with Gasteiger partial charge in [-0.25, -0.2) is 4.39 Å². The van der Waals surface area contributed by atoms with Gasteiger partial charge in [0.1, 0.15) is 18.5 Å². The van der Waals surface area contributed by atoms with Crippen molar-refractivity contribution in [3.05, 3.63) is 89.2 Å². The lowest BCUT2D eigenvalue weighted by Gasteiger charge is -2.38. The van der Waals surface area contributed by atoms with Gasteiger partial charge in [-0.15, -0.1) is 0 Å². The molecule has 8 nitrogen and oxygen atoms in total. The van der Waals surface area contributed by atoms with Gasteiger partial charge in [-0.05, 0) is 53.6 Å². The fourth-order valence-corrected chi connectivity index (χ4v) is 4.04. The third-order valence-corrected chi connectivity index (χ3v) is 6.02. The topological polar surface area (TPSA) is 97.3 Å². The van der Waals surface area contributed by atoms with Gasteiger partial charge in [-0.2, -0.15) is 0 Å². The number of hydrogen-bond acceptors (Lipinski definition) is 6. The van der Waals surface area contributed by atoms with Crippen molar-refractivity contribution >= 4 is 17.5 Å². The van der Waals surface area contributed by atoms with Crippen LogP contribution >= 0.6 is 0 Å². The van der Waals surface area contributed by atoms with E-state index in [1.807, 2.05) is 0 Å². The van der Waals surface area contributed by atoms with E-state index in [1.54, 1.807) is 59.5 Å². The average Bonchev–Trinajstić information content (AvgIpc) is 2.90. The van der Waals surface area contributed by atoms with E-state index < -0.39 is 12.1 Å². The number of carbonyl (C=O) groups excluding carboxylic acids is 2. The molecule has 0 aliphatic carbocycles. The molecule has 3 aromatic rings. The quantitative estimate of drug-likeness (QED) is 0.497. The number of halogens is 1. The second-order valence-electron chi connectivity index (χ2n) is 8.32. The normalized spacial score (nSPS) is 16.4. The second kappa shape index (κ2) is 11.2. The fourth-order valence-electron chi connectivity index (χ4n) is 4.04. The van der Waals surface area contributed by atoms with Crippen LogP contribution in [0.5, 0.6) is 11.5 Å². The minimum Gasteiger partial charge on any atom is -0.493 e. The lowest BCUT2D eigenvalue weighted by Crippen LogP contribution is -2.51. The predicted octanol–water partition coefficient (Wildman–Crippen LogP) is 3.56. The Labute approximate surface area is 208 Å². The van der Waals surface area contributed by atoms with Crippen molar-refractivity contribution in [1.82, 2.24) is 4.90 Å². The van der Waals surface area contributed by atoms with E-state index in [4.69, 9.17) is 14.2 Å². The van der Waals surface area contributed by atoms with Crippen molar-refractivity contribution in [2.45, 2.75) is 18.7 Å². The summed E-state index contributed by atoms with van der Waals surface area (Å²) in [5.41, 5.74) is 2.24. The summed E-state index contributed by atoms with van der Waals surface area (Å²) in [6.07, 6.45) is -1.02. The van der Waals surface area contributed by atoms with Crippen LogP contribution in [-0.2, 0) is 16.1 Å². The van der Waals surface area contributed by atoms with Gasteiger partial charge in [0.15, 0.2) is 11.5 Å². The van der Waals surface area contributed by atoms with Gasteiger partial charge < -0.3 is 29.5 Å². The molecular formula is C27H27FN2O6. The second-order valence-corrected chi connectivity index (χ2v) is 8.32. The molecule has 1 aliphatic rings. The number of aliphatic hydroxyl groups is 1. The highest BCUT2D eigenvalue weighted by atomic mass is 19.1. The summed E-state index contributed by atoms with van der Waals surface area (Å²) in [5.74, 6) is 0.0143. The zero-order chi connectivity index (χ0) is 25.7. The first-order valence-electron chi connectivity index (χ1n) is 11.3. The molecular weight excluding hydrogens is 467 g/mol. The zero-order valence-electron chi connectivity index (χ0n) is 19.9. The SMILES string of the molecule is COc1ccc(C(=O)Nc2ccc(C(O)C3COCC(=O)N3Cc3ccc(F)cc3)cc2)cc1OC. The summed E-state index contributed by atoms with van der Waals surface area (Å²) in [6.45, 7) is 0.307. The molecule has 2 N–H and O–H groups in total. The molecule has 1 fully saturated rings. The Balaban J connectivity index is 1.45. The molecule has 3 aromatic carbocycles. The molecule has 4 rings (SSSR count). The highest BCUT2D eigenvalue weighted by Gasteiger charge is 2.34. The maximum atomic E-state index is 13.3. The van der Waals surface area contributed by atoms with Crippen LogP contribution in [0.1, 0.15) is 27.6 Å². The largest absolute Gasteiger partial charge is 0.493 e.